The zero-order chi connectivity index (χ0) is 17.1. The van der Waals surface area contributed by atoms with Crippen LogP contribution in [0.5, 0.6) is 0 Å². The van der Waals surface area contributed by atoms with Gasteiger partial charge >= 0.3 is 12.2 Å². The third-order valence-corrected chi connectivity index (χ3v) is 3.09. The van der Waals surface area contributed by atoms with Gasteiger partial charge in [0, 0.05) is 26.2 Å². The largest absolute Gasteiger partial charge is 0.416 e. The number of anilines is 2. The van der Waals surface area contributed by atoms with Crippen molar-refractivity contribution in [2.24, 2.45) is 0 Å². The zero-order valence-corrected chi connectivity index (χ0v) is 13.0. The number of urea groups is 1. The van der Waals surface area contributed by atoms with E-state index in [-0.39, 0.29) is 0 Å². The summed E-state index contributed by atoms with van der Waals surface area (Å²) in [6.45, 7) is -0.868. The highest BCUT2D eigenvalue weighted by molar-refractivity contribution is 6.31. The van der Waals surface area contributed by atoms with Crippen molar-refractivity contribution in [1.82, 2.24) is 4.90 Å². The Labute approximate surface area is 131 Å². The van der Waals surface area contributed by atoms with Crippen LogP contribution in [0.4, 0.5) is 29.3 Å². The summed E-state index contributed by atoms with van der Waals surface area (Å²) in [5.74, 6) is 0. The van der Waals surface area contributed by atoms with E-state index in [1.165, 1.54) is 6.07 Å². The fraction of sp³-hybridized carbons (Fsp3) is 0.462. The van der Waals surface area contributed by atoms with Crippen LogP contribution < -0.4 is 10.2 Å². The van der Waals surface area contributed by atoms with Crippen molar-refractivity contribution in [3.63, 3.8) is 0 Å². The average molecular weight is 340 g/mol. The molecule has 9 heteroatoms. The van der Waals surface area contributed by atoms with Crippen molar-refractivity contribution < 1.29 is 23.1 Å². The van der Waals surface area contributed by atoms with Crippen molar-refractivity contribution in [2.45, 2.75) is 12.3 Å². The minimum Gasteiger partial charge on any atom is -0.382 e. The summed E-state index contributed by atoms with van der Waals surface area (Å²) in [5.41, 5.74) is 0.998. The molecule has 0 aliphatic carbocycles. The second-order valence-electron chi connectivity index (χ2n) is 4.92. The minimum atomic E-state index is -4.78. The molecule has 2 amide bonds. The zero-order valence-electron chi connectivity index (χ0n) is 12.3. The van der Waals surface area contributed by atoms with Crippen LogP contribution in [0.15, 0.2) is 18.2 Å². The Hall–Kier alpha value is -1.67. The number of halogens is 4. The van der Waals surface area contributed by atoms with Gasteiger partial charge < -0.3 is 20.2 Å². The standard InChI is InChI=1S/C13H17ClF3N3O2/c1-19(2)10-5-4-8(14)6-9(10)18-12(22)20(3)7-11(21)13(15,16)17/h4-6,11,21H,7H2,1-3H3,(H,18,22)/t11-/m1/s1. The SMILES string of the molecule is CN(C[C@@H](O)C(F)(F)F)C(=O)Nc1cc(Cl)ccc1N(C)C. The lowest BCUT2D eigenvalue weighted by atomic mass is 10.2. The fourth-order valence-corrected chi connectivity index (χ4v) is 1.83. The number of rotatable bonds is 4. The molecule has 0 saturated heterocycles. The second-order valence-corrected chi connectivity index (χ2v) is 5.36. The Kier molecular flexibility index (Phi) is 5.90. The number of alkyl halides is 3. The molecule has 124 valence electrons. The van der Waals surface area contributed by atoms with Crippen LogP contribution in [0.2, 0.25) is 5.02 Å². The normalized spacial score (nSPS) is 12.7. The molecule has 0 saturated carbocycles. The second kappa shape index (κ2) is 7.06. The van der Waals surface area contributed by atoms with Crippen LogP contribution in [0.3, 0.4) is 0 Å². The van der Waals surface area contributed by atoms with Gasteiger partial charge in [-0.15, -0.1) is 0 Å². The highest BCUT2D eigenvalue weighted by atomic mass is 35.5. The molecule has 0 radical (unpaired) electrons. The first kappa shape index (κ1) is 18.4. The maximum absolute atomic E-state index is 12.3. The summed E-state index contributed by atoms with van der Waals surface area (Å²) < 4.78 is 36.9. The number of aliphatic hydroxyl groups excluding tert-OH is 1. The average Bonchev–Trinajstić information content (AvgIpc) is 2.36. The number of benzene rings is 1. The summed E-state index contributed by atoms with van der Waals surface area (Å²) in [5, 5.41) is 11.8. The summed E-state index contributed by atoms with van der Waals surface area (Å²) in [7, 11) is 4.65. The van der Waals surface area contributed by atoms with Crippen LogP contribution in [0, 0.1) is 0 Å². The molecule has 1 atom stereocenters. The molecule has 5 nitrogen and oxygen atoms in total. The molecule has 0 unspecified atom stereocenters. The van der Waals surface area contributed by atoms with Crippen LogP contribution in [-0.2, 0) is 0 Å². The lowest BCUT2D eigenvalue weighted by Crippen LogP contribution is -2.43. The van der Waals surface area contributed by atoms with Gasteiger partial charge in [-0.3, -0.25) is 0 Å². The number of hydrogen-bond acceptors (Lipinski definition) is 3. The van der Waals surface area contributed by atoms with Gasteiger partial charge in [0.15, 0.2) is 6.10 Å². The summed E-state index contributed by atoms with van der Waals surface area (Å²) in [6.07, 6.45) is -7.38. The van der Waals surface area contributed by atoms with Gasteiger partial charge in [-0.1, -0.05) is 11.6 Å². The molecule has 1 aromatic carbocycles. The molecule has 0 bridgehead atoms. The van der Waals surface area contributed by atoms with E-state index in [1.54, 1.807) is 31.1 Å². The number of carbonyl (C=O) groups is 1. The van der Waals surface area contributed by atoms with E-state index in [2.05, 4.69) is 5.32 Å². The number of amides is 2. The van der Waals surface area contributed by atoms with E-state index >= 15 is 0 Å². The van der Waals surface area contributed by atoms with Gasteiger partial charge in [0.1, 0.15) is 0 Å². The minimum absolute atomic E-state index is 0.357. The molecule has 0 fully saturated rings. The number of nitrogens with one attached hydrogen (secondary N) is 1. The first-order chi connectivity index (χ1) is 10.0. The summed E-state index contributed by atoms with van der Waals surface area (Å²) >= 11 is 5.86. The van der Waals surface area contributed by atoms with Gasteiger partial charge in [0.25, 0.3) is 0 Å². The molecule has 1 aromatic rings. The molecule has 0 aliphatic heterocycles. The first-order valence-electron chi connectivity index (χ1n) is 6.26. The third-order valence-electron chi connectivity index (χ3n) is 2.85. The Bertz CT molecular complexity index is 538. The van der Waals surface area contributed by atoms with E-state index < -0.39 is 24.9 Å². The number of likely N-dealkylation sites (N-methyl/N-ethyl adjacent to an activating group) is 1. The van der Waals surface area contributed by atoms with E-state index in [0.717, 1.165) is 11.9 Å². The topological polar surface area (TPSA) is 55.8 Å². The van der Waals surface area contributed by atoms with Gasteiger partial charge in [-0.25, -0.2) is 4.79 Å². The van der Waals surface area contributed by atoms with Gasteiger partial charge in [0.05, 0.1) is 17.9 Å². The Morgan fingerprint density at radius 2 is 1.95 bits per heavy atom. The summed E-state index contributed by atoms with van der Waals surface area (Å²) in [6, 6.07) is 4.00. The van der Waals surface area contributed by atoms with Crippen LogP contribution in [0.25, 0.3) is 0 Å². The number of carbonyl (C=O) groups excluding carboxylic acids is 1. The molecular formula is C13H17ClF3N3O2. The van der Waals surface area contributed by atoms with E-state index in [1.807, 2.05) is 0 Å². The highest BCUT2D eigenvalue weighted by Gasteiger charge is 2.39. The maximum Gasteiger partial charge on any atom is 0.416 e. The van der Waals surface area contributed by atoms with Gasteiger partial charge in [-0.2, -0.15) is 13.2 Å². The molecule has 2 N–H and O–H groups in total. The van der Waals surface area contributed by atoms with Gasteiger partial charge in [0.2, 0.25) is 0 Å². The number of hydrogen-bond donors (Lipinski definition) is 2. The van der Waals surface area contributed by atoms with Crippen molar-refractivity contribution in [2.75, 3.05) is 37.9 Å². The Morgan fingerprint density at radius 1 is 1.36 bits per heavy atom. The van der Waals surface area contributed by atoms with Crippen LogP contribution >= 0.6 is 11.6 Å². The molecule has 22 heavy (non-hydrogen) atoms. The molecule has 1 rings (SSSR count). The Morgan fingerprint density at radius 3 is 2.45 bits per heavy atom. The number of aliphatic hydroxyl groups is 1. The lowest BCUT2D eigenvalue weighted by Gasteiger charge is -2.24. The highest BCUT2D eigenvalue weighted by Crippen LogP contribution is 2.28. The molecular weight excluding hydrogens is 323 g/mol. The quantitative estimate of drug-likeness (QED) is 0.887. The van der Waals surface area contributed by atoms with E-state index in [0.29, 0.717) is 16.4 Å². The van der Waals surface area contributed by atoms with Crippen molar-refractivity contribution in [1.29, 1.82) is 0 Å². The smallest absolute Gasteiger partial charge is 0.382 e. The predicted octanol–water partition coefficient (Wildman–Crippen LogP) is 2.79. The first-order valence-corrected chi connectivity index (χ1v) is 6.64. The van der Waals surface area contributed by atoms with Crippen molar-refractivity contribution in [3.8, 4) is 0 Å². The van der Waals surface area contributed by atoms with E-state index in [4.69, 9.17) is 16.7 Å². The molecule has 0 heterocycles. The van der Waals surface area contributed by atoms with Crippen molar-refractivity contribution >= 4 is 29.0 Å². The summed E-state index contributed by atoms with van der Waals surface area (Å²) in [4.78, 5) is 14.4. The van der Waals surface area contributed by atoms with Crippen LogP contribution in [0.1, 0.15) is 0 Å². The fourth-order valence-electron chi connectivity index (χ4n) is 1.65. The Balaban J connectivity index is 2.82. The predicted molar refractivity (Wildman–Crippen MR) is 79.5 cm³/mol. The maximum atomic E-state index is 12.3. The van der Waals surface area contributed by atoms with Gasteiger partial charge in [-0.05, 0) is 18.2 Å². The van der Waals surface area contributed by atoms with E-state index in [9.17, 15) is 18.0 Å². The molecule has 0 aromatic heterocycles. The third kappa shape index (κ3) is 4.96. The van der Waals surface area contributed by atoms with Crippen LogP contribution in [-0.4, -0.2) is 56.0 Å². The number of nitrogens with zero attached hydrogens (tertiary/aromatic N) is 2. The molecule has 0 spiro atoms. The molecule has 0 aliphatic rings. The monoisotopic (exact) mass is 339 g/mol. The van der Waals surface area contributed by atoms with Crippen molar-refractivity contribution in [3.05, 3.63) is 23.2 Å². The lowest BCUT2D eigenvalue weighted by molar-refractivity contribution is -0.205.